The van der Waals surface area contributed by atoms with Crippen LogP contribution >= 0.6 is 11.3 Å². The van der Waals surface area contributed by atoms with Crippen LogP contribution in [0.1, 0.15) is 39.7 Å². The lowest BCUT2D eigenvalue weighted by Gasteiger charge is -2.30. The van der Waals surface area contributed by atoms with Crippen LogP contribution in [0.25, 0.3) is 20.8 Å². The Morgan fingerprint density at radius 1 is 1.07 bits per heavy atom. The molecule has 28 heavy (non-hydrogen) atoms. The van der Waals surface area contributed by atoms with E-state index in [4.69, 9.17) is 9.72 Å². The fourth-order valence-electron chi connectivity index (χ4n) is 2.93. The van der Waals surface area contributed by atoms with Gasteiger partial charge in [0.2, 0.25) is 0 Å². The van der Waals surface area contributed by atoms with Crippen molar-refractivity contribution in [3.05, 3.63) is 48.0 Å². The summed E-state index contributed by atoms with van der Waals surface area (Å²) in [5, 5.41) is 13.9. The van der Waals surface area contributed by atoms with Crippen molar-refractivity contribution in [1.82, 2.24) is 4.98 Å². The Morgan fingerprint density at radius 3 is 2.46 bits per heavy atom. The summed E-state index contributed by atoms with van der Waals surface area (Å²) in [6.07, 6.45) is 0.843. The highest BCUT2D eigenvalue weighted by Crippen LogP contribution is 2.31. The van der Waals surface area contributed by atoms with E-state index in [9.17, 15) is 5.11 Å². The molecule has 0 saturated carbocycles. The first-order valence-electron chi connectivity index (χ1n) is 9.68. The fraction of sp³-hybridized carbons (Fsp3) is 0.435. The van der Waals surface area contributed by atoms with Crippen LogP contribution in [0.5, 0.6) is 0 Å². The van der Waals surface area contributed by atoms with Crippen LogP contribution in [0.2, 0.25) is 0 Å². The number of aromatic nitrogens is 1. The molecule has 0 aliphatic carbocycles. The number of hydrogen-bond acceptors (Lipinski definition) is 5. The quantitative estimate of drug-likeness (QED) is 0.515. The Kier molecular flexibility index (Phi) is 6.08. The van der Waals surface area contributed by atoms with E-state index < -0.39 is 5.60 Å². The van der Waals surface area contributed by atoms with Crippen molar-refractivity contribution >= 4 is 27.2 Å². The highest BCUT2D eigenvalue weighted by atomic mass is 32.1. The molecule has 150 valence electrons. The molecule has 4 nitrogen and oxygen atoms in total. The first-order chi connectivity index (χ1) is 13.2. The summed E-state index contributed by atoms with van der Waals surface area (Å²) in [5.74, 6) is 0. The molecule has 0 fully saturated rings. The van der Waals surface area contributed by atoms with Gasteiger partial charge in [0.25, 0.3) is 0 Å². The van der Waals surface area contributed by atoms with Gasteiger partial charge in [0.05, 0.1) is 22.4 Å². The van der Waals surface area contributed by atoms with Crippen LogP contribution in [0.3, 0.4) is 0 Å². The van der Waals surface area contributed by atoms with Gasteiger partial charge in [0.1, 0.15) is 5.01 Å². The molecule has 0 amide bonds. The van der Waals surface area contributed by atoms with E-state index in [1.165, 1.54) is 10.3 Å². The second-order valence-corrected chi connectivity index (χ2v) is 9.62. The highest BCUT2D eigenvalue weighted by molar-refractivity contribution is 7.21. The number of anilines is 1. The van der Waals surface area contributed by atoms with Crippen molar-refractivity contribution in [1.29, 1.82) is 0 Å². The summed E-state index contributed by atoms with van der Waals surface area (Å²) < 4.78 is 7.00. The molecule has 1 aromatic heterocycles. The van der Waals surface area contributed by atoms with E-state index in [1.54, 1.807) is 11.3 Å². The zero-order chi connectivity index (χ0) is 20.4. The largest absolute Gasteiger partial charge is 0.393 e. The van der Waals surface area contributed by atoms with Gasteiger partial charge in [0, 0.05) is 23.4 Å². The first kappa shape index (κ1) is 20.8. The van der Waals surface area contributed by atoms with Crippen molar-refractivity contribution in [3.63, 3.8) is 0 Å². The number of benzene rings is 2. The van der Waals surface area contributed by atoms with Gasteiger partial charge in [-0.3, -0.25) is 0 Å². The summed E-state index contributed by atoms with van der Waals surface area (Å²) in [7, 11) is 0. The average molecular weight is 399 g/mol. The lowest BCUT2D eigenvalue weighted by atomic mass is 10.00. The van der Waals surface area contributed by atoms with E-state index in [2.05, 4.69) is 68.6 Å². The van der Waals surface area contributed by atoms with Crippen molar-refractivity contribution in [3.8, 4) is 10.6 Å². The Hall–Kier alpha value is -1.95. The minimum Gasteiger partial charge on any atom is -0.393 e. The molecular formula is C23H30N2O2S. The predicted molar refractivity (Wildman–Crippen MR) is 119 cm³/mol. The van der Waals surface area contributed by atoms with Crippen molar-refractivity contribution < 1.29 is 9.84 Å². The molecule has 2 aromatic carbocycles. The van der Waals surface area contributed by atoms with Gasteiger partial charge in [-0.2, -0.15) is 0 Å². The Balaban J connectivity index is 1.64. The third-order valence-electron chi connectivity index (χ3n) is 4.76. The highest BCUT2D eigenvalue weighted by Gasteiger charge is 2.21. The lowest BCUT2D eigenvalue weighted by molar-refractivity contribution is -0.0571. The molecule has 0 radical (unpaired) electrons. The Labute approximate surface area is 171 Å². The smallest absolute Gasteiger partial charge is 0.124 e. The molecule has 0 saturated heterocycles. The summed E-state index contributed by atoms with van der Waals surface area (Å²) in [4.78, 5) is 4.76. The number of aliphatic hydroxyl groups excluding tert-OH is 1. The van der Waals surface area contributed by atoms with Crippen LogP contribution < -0.4 is 5.32 Å². The third-order valence-corrected chi connectivity index (χ3v) is 5.83. The number of nitrogens with zero attached hydrogens (tertiary/aromatic N) is 1. The van der Waals surface area contributed by atoms with E-state index in [-0.39, 0.29) is 12.1 Å². The second kappa shape index (κ2) is 8.19. The van der Waals surface area contributed by atoms with E-state index in [1.807, 2.05) is 13.8 Å². The lowest BCUT2D eigenvalue weighted by Crippen LogP contribution is -2.35. The SMILES string of the molecule is Cc1ccc2nc(-c3ccc(NC(C)(C)CCOC(C)(C)CO)cc3)sc2c1. The van der Waals surface area contributed by atoms with Gasteiger partial charge in [0.15, 0.2) is 0 Å². The number of aliphatic hydroxyl groups is 1. The Bertz CT molecular complexity index is 929. The standard InChI is InChI=1S/C23H30N2O2S/c1-16-6-11-19-20(14-16)28-21(24-19)17-7-9-18(10-8-17)25-22(2,3)12-13-27-23(4,5)15-26/h6-11,14,25-26H,12-13,15H2,1-5H3. The molecule has 1 heterocycles. The minimum absolute atomic E-state index is 0.0215. The molecule has 0 aliphatic heterocycles. The number of rotatable bonds is 8. The van der Waals surface area contributed by atoms with Crippen molar-refractivity contribution in [2.24, 2.45) is 0 Å². The minimum atomic E-state index is -0.493. The average Bonchev–Trinajstić information content (AvgIpc) is 3.04. The van der Waals surface area contributed by atoms with Gasteiger partial charge in [-0.25, -0.2) is 4.98 Å². The molecule has 3 rings (SSSR count). The molecule has 5 heteroatoms. The monoisotopic (exact) mass is 398 g/mol. The number of hydrogen-bond donors (Lipinski definition) is 2. The number of aryl methyl sites for hydroxylation is 1. The molecular weight excluding hydrogens is 368 g/mol. The van der Waals surface area contributed by atoms with Gasteiger partial charge in [-0.15, -0.1) is 11.3 Å². The van der Waals surface area contributed by atoms with Gasteiger partial charge >= 0.3 is 0 Å². The molecule has 2 N–H and O–H groups in total. The summed E-state index contributed by atoms with van der Waals surface area (Å²) >= 11 is 1.73. The number of nitrogens with one attached hydrogen (secondary N) is 1. The summed E-state index contributed by atoms with van der Waals surface area (Å²) in [6.45, 7) is 10.8. The van der Waals surface area contributed by atoms with E-state index >= 15 is 0 Å². The second-order valence-electron chi connectivity index (χ2n) is 8.59. The zero-order valence-electron chi connectivity index (χ0n) is 17.4. The summed E-state index contributed by atoms with van der Waals surface area (Å²) in [6, 6.07) is 14.8. The molecule has 0 spiro atoms. The maximum absolute atomic E-state index is 9.29. The number of thiazole rings is 1. The molecule has 0 unspecified atom stereocenters. The maximum Gasteiger partial charge on any atom is 0.124 e. The maximum atomic E-state index is 9.29. The van der Waals surface area contributed by atoms with Crippen LogP contribution in [0, 0.1) is 6.92 Å². The van der Waals surface area contributed by atoms with Crippen LogP contribution in [-0.4, -0.2) is 34.4 Å². The zero-order valence-corrected chi connectivity index (χ0v) is 18.2. The van der Waals surface area contributed by atoms with Crippen LogP contribution in [-0.2, 0) is 4.74 Å². The van der Waals surface area contributed by atoms with E-state index in [0.717, 1.165) is 28.2 Å². The third kappa shape index (κ3) is 5.31. The first-order valence-corrected chi connectivity index (χ1v) is 10.5. The Morgan fingerprint density at radius 2 is 1.79 bits per heavy atom. The number of fused-ring (bicyclic) bond motifs is 1. The van der Waals surface area contributed by atoms with Crippen molar-refractivity contribution in [2.45, 2.75) is 52.2 Å². The normalized spacial score (nSPS) is 12.5. The van der Waals surface area contributed by atoms with Gasteiger partial charge < -0.3 is 15.2 Å². The molecule has 3 aromatic rings. The fourth-order valence-corrected chi connectivity index (χ4v) is 4.00. The van der Waals surface area contributed by atoms with Gasteiger partial charge in [-0.05, 0) is 83.0 Å². The van der Waals surface area contributed by atoms with Crippen LogP contribution in [0.4, 0.5) is 5.69 Å². The molecule has 0 bridgehead atoms. The van der Waals surface area contributed by atoms with Gasteiger partial charge in [-0.1, -0.05) is 6.07 Å². The number of ether oxygens (including phenoxy) is 1. The van der Waals surface area contributed by atoms with Crippen molar-refractivity contribution in [2.75, 3.05) is 18.5 Å². The molecule has 0 aliphatic rings. The van der Waals surface area contributed by atoms with Crippen LogP contribution in [0.15, 0.2) is 42.5 Å². The summed E-state index contributed by atoms with van der Waals surface area (Å²) in [5.41, 5.74) is 3.92. The topological polar surface area (TPSA) is 54.4 Å². The molecule has 0 atom stereocenters. The predicted octanol–water partition coefficient (Wildman–Crippen LogP) is 5.64. The van der Waals surface area contributed by atoms with E-state index in [0.29, 0.717) is 6.61 Å².